The van der Waals surface area contributed by atoms with Crippen LogP contribution in [0.4, 0.5) is 0 Å². The normalized spacial score (nSPS) is 11.6. The molecule has 0 N–H and O–H groups in total. The van der Waals surface area contributed by atoms with E-state index in [-0.39, 0.29) is 5.91 Å². The van der Waals surface area contributed by atoms with Crippen molar-refractivity contribution in [2.45, 2.75) is 6.92 Å². The van der Waals surface area contributed by atoms with Crippen LogP contribution in [0.2, 0.25) is 0 Å². The summed E-state index contributed by atoms with van der Waals surface area (Å²) in [5, 5.41) is 0.583. The number of rotatable bonds is 4. The molecule has 1 amide bonds. The lowest BCUT2D eigenvalue weighted by molar-refractivity contribution is 0.0828. The van der Waals surface area contributed by atoms with Crippen LogP contribution in [0, 0.1) is 6.92 Å². The van der Waals surface area contributed by atoms with Crippen molar-refractivity contribution < 1.29 is 13.2 Å². The molecule has 0 atom stereocenters. The van der Waals surface area contributed by atoms with E-state index in [0.29, 0.717) is 27.9 Å². The van der Waals surface area contributed by atoms with Gasteiger partial charge in [-0.05, 0) is 42.8 Å². The van der Waals surface area contributed by atoms with Crippen LogP contribution in [0.5, 0.6) is 0 Å². The van der Waals surface area contributed by atoms with Crippen molar-refractivity contribution in [1.82, 2.24) is 23.8 Å². The molecule has 4 rings (SSSR count). The van der Waals surface area contributed by atoms with Gasteiger partial charge in [-0.1, -0.05) is 0 Å². The molecule has 0 bridgehead atoms. The average Bonchev–Trinajstić information content (AvgIpc) is 3.12. The third-order valence-electron chi connectivity index (χ3n) is 4.88. The van der Waals surface area contributed by atoms with Gasteiger partial charge in [0.2, 0.25) is 10.0 Å². The van der Waals surface area contributed by atoms with Gasteiger partial charge in [-0.15, -0.1) is 0 Å². The minimum Gasteiger partial charge on any atom is -0.345 e. The van der Waals surface area contributed by atoms with Crippen molar-refractivity contribution >= 4 is 26.8 Å². The molecule has 0 aliphatic carbocycles. The smallest absolute Gasteiger partial charge is 0.253 e. The Bertz CT molecular complexity index is 1410. The first kappa shape index (κ1) is 20.7. The minimum absolute atomic E-state index is 0.179. The summed E-state index contributed by atoms with van der Waals surface area (Å²) in [7, 11) is -0.240. The van der Waals surface area contributed by atoms with Crippen LogP contribution in [0.25, 0.3) is 33.5 Å². The number of pyridine rings is 1. The van der Waals surface area contributed by atoms with Crippen LogP contribution in [-0.4, -0.2) is 58.5 Å². The maximum Gasteiger partial charge on any atom is 0.253 e. The van der Waals surface area contributed by atoms with E-state index in [4.69, 9.17) is 0 Å². The lowest BCUT2D eigenvalue weighted by Gasteiger charge is -2.10. The van der Waals surface area contributed by atoms with E-state index < -0.39 is 10.0 Å². The third-order valence-corrected chi connectivity index (χ3v) is 5.90. The number of aromatic nitrogens is 4. The summed E-state index contributed by atoms with van der Waals surface area (Å²) in [4.78, 5) is 27.1. The van der Waals surface area contributed by atoms with Crippen LogP contribution in [-0.2, 0) is 10.0 Å². The second-order valence-electron chi connectivity index (χ2n) is 7.55. The van der Waals surface area contributed by atoms with Gasteiger partial charge in [0.25, 0.3) is 5.91 Å². The molecule has 3 aromatic heterocycles. The van der Waals surface area contributed by atoms with E-state index in [0.717, 1.165) is 23.1 Å². The second-order valence-corrected chi connectivity index (χ2v) is 9.41. The first-order valence-corrected chi connectivity index (χ1v) is 11.3. The van der Waals surface area contributed by atoms with Crippen LogP contribution in [0.1, 0.15) is 15.9 Å². The number of aryl methyl sites for hydroxylation is 1. The van der Waals surface area contributed by atoms with Gasteiger partial charge in [-0.2, -0.15) is 0 Å². The summed E-state index contributed by atoms with van der Waals surface area (Å²) >= 11 is 0. The highest BCUT2D eigenvalue weighted by Crippen LogP contribution is 2.31. The van der Waals surface area contributed by atoms with E-state index in [1.165, 1.54) is 15.1 Å². The number of hydrogen-bond donors (Lipinski definition) is 0. The molecule has 0 aliphatic rings. The zero-order chi connectivity index (χ0) is 22.3. The topological polar surface area (TPSA) is 98.0 Å². The van der Waals surface area contributed by atoms with E-state index in [9.17, 15) is 13.2 Å². The number of amides is 1. The lowest BCUT2D eigenvalue weighted by Crippen LogP contribution is -2.21. The molecule has 8 nitrogen and oxygen atoms in total. The minimum atomic E-state index is -3.57. The van der Waals surface area contributed by atoms with Crippen LogP contribution in [0.15, 0.2) is 55.1 Å². The fraction of sp³-hybridized carbons (Fsp3) is 0.182. The summed E-state index contributed by atoms with van der Waals surface area (Å²) < 4.78 is 25.8. The third kappa shape index (κ3) is 3.91. The zero-order valence-electron chi connectivity index (χ0n) is 17.6. The Kier molecular flexibility index (Phi) is 5.06. The van der Waals surface area contributed by atoms with Crippen LogP contribution >= 0.6 is 0 Å². The molecule has 31 heavy (non-hydrogen) atoms. The Morgan fingerprint density at radius 1 is 1.03 bits per heavy atom. The van der Waals surface area contributed by atoms with Crippen LogP contribution in [0.3, 0.4) is 0 Å². The lowest BCUT2D eigenvalue weighted by atomic mass is 10.1. The molecule has 0 aliphatic heterocycles. The van der Waals surface area contributed by atoms with E-state index in [2.05, 4.69) is 15.0 Å². The molecule has 0 saturated heterocycles. The highest BCUT2D eigenvalue weighted by atomic mass is 32.2. The van der Waals surface area contributed by atoms with E-state index in [1.54, 1.807) is 50.9 Å². The van der Waals surface area contributed by atoms with Crippen molar-refractivity contribution in [1.29, 1.82) is 0 Å². The molecule has 0 spiro atoms. The maximum absolute atomic E-state index is 12.4. The molecule has 1 aromatic carbocycles. The maximum atomic E-state index is 12.4. The molecule has 9 heteroatoms. The largest absolute Gasteiger partial charge is 0.345 e. The molecule has 4 aromatic rings. The van der Waals surface area contributed by atoms with Gasteiger partial charge >= 0.3 is 0 Å². The van der Waals surface area contributed by atoms with E-state index in [1.807, 2.05) is 19.1 Å². The van der Waals surface area contributed by atoms with E-state index >= 15 is 0 Å². The van der Waals surface area contributed by atoms with Gasteiger partial charge < -0.3 is 4.90 Å². The summed E-state index contributed by atoms with van der Waals surface area (Å²) in [6.07, 6.45) is 7.65. The number of carbonyl (C=O) groups is 1. The van der Waals surface area contributed by atoms with Crippen molar-refractivity contribution in [3.63, 3.8) is 0 Å². The fourth-order valence-electron chi connectivity index (χ4n) is 3.34. The average molecular weight is 436 g/mol. The number of carbonyl (C=O) groups excluding carboxylic acids is 1. The van der Waals surface area contributed by atoms with Gasteiger partial charge in [0.15, 0.2) is 5.82 Å². The predicted octanol–water partition coefficient (Wildman–Crippen LogP) is 2.98. The molecular formula is C22H21N5O3S. The molecule has 0 fully saturated rings. The highest BCUT2D eigenvalue weighted by Gasteiger charge is 2.20. The predicted molar refractivity (Wildman–Crippen MR) is 119 cm³/mol. The second kappa shape index (κ2) is 7.59. The number of fused-ring (bicyclic) bond motifs is 1. The van der Waals surface area contributed by atoms with Crippen molar-refractivity contribution in [2.24, 2.45) is 0 Å². The van der Waals surface area contributed by atoms with Gasteiger partial charge in [0, 0.05) is 61.0 Å². The fourth-order valence-corrected chi connectivity index (χ4v) is 4.15. The Morgan fingerprint density at radius 2 is 1.74 bits per heavy atom. The van der Waals surface area contributed by atoms with Gasteiger partial charge in [0.1, 0.15) is 0 Å². The molecular weight excluding hydrogens is 414 g/mol. The highest BCUT2D eigenvalue weighted by molar-refractivity contribution is 7.89. The number of nitrogens with zero attached hydrogens (tertiary/aromatic N) is 5. The zero-order valence-corrected chi connectivity index (χ0v) is 18.4. The summed E-state index contributed by atoms with van der Waals surface area (Å²) in [5.41, 5.74) is 4.01. The first-order valence-electron chi connectivity index (χ1n) is 9.48. The van der Waals surface area contributed by atoms with Crippen molar-refractivity contribution in [3.05, 3.63) is 66.2 Å². The summed E-state index contributed by atoms with van der Waals surface area (Å²) in [6.45, 7) is 1.98. The molecule has 3 heterocycles. The van der Waals surface area contributed by atoms with Gasteiger partial charge in [0.05, 0.1) is 17.5 Å². The standard InChI is InChI=1S/C22H21N5O3S/c1-14-7-8-23-19(9-14)16-11-24-21(25-12-16)18-13-27(31(4,29)30)20-6-5-15(10-17(18)20)22(28)26(2)3/h5-13H,1-4H3. The summed E-state index contributed by atoms with van der Waals surface area (Å²) in [6, 6.07) is 8.76. The molecule has 0 radical (unpaired) electrons. The van der Waals surface area contributed by atoms with Crippen molar-refractivity contribution in [3.8, 4) is 22.6 Å². The SMILES string of the molecule is Cc1ccnc(-c2cnc(-c3cn(S(C)(=O)=O)c4ccc(C(=O)N(C)C)cc34)nc2)c1. The Labute approximate surface area is 180 Å². The first-order chi connectivity index (χ1) is 14.6. The monoisotopic (exact) mass is 435 g/mol. The molecule has 0 unspecified atom stereocenters. The number of benzene rings is 1. The quantitative estimate of drug-likeness (QED) is 0.489. The Morgan fingerprint density at radius 3 is 2.35 bits per heavy atom. The molecule has 0 saturated carbocycles. The Hall–Kier alpha value is -3.59. The van der Waals surface area contributed by atoms with Crippen LogP contribution < -0.4 is 0 Å². The summed E-state index contributed by atoms with van der Waals surface area (Å²) in [5.74, 6) is 0.181. The Balaban J connectivity index is 1.87. The molecule has 158 valence electrons. The van der Waals surface area contributed by atoms with Gasteiger partial charge in [-0.25, -0.2) is 22.4 Å². The number of hydrogen-bond acceptors (Lipinski definition) is 6. The van der Waals surface area contributed by atoms with Crippen molar-refractivity contribution in [2.75, 3.05) is 20.4 Å². The van der Waals surface area contributed by atoms with Gasteiger partial charge in [-0.3, -0.25) is 9.78 Å².